The van der Waals surface area contributed by atoms with Gasteiger partial charge in [-0.05, 0) is 18.9 Å². The SMILES string of the molecule is CN1C(=O)N[C@@H](c2ccccc2OC(F)F)C2=C1CCCC2=O. The zero-order valence-electron chi connectivity index (χ0n) is 12.5. The Bertz CT molecular complexity index is 688. The van der Waals surface area contributed by atoms with Gasteiger partial charge in [0, 0.05) is 30.3 Å². The number of carbonyl (C=O) groups is 2. The highest BCUT2D eigenvalue weighted by atomic mass is 19.3. The number of para-hydroxylation sites is 1. The van der Waals surface area contributed by atoms with E-state index in [2.05, 4.69) is 10.1 Å². The van der Waals surface area contributed by atoms with Crippen molar-refractivity contribution in [3.05, 3.63) is 41.1 Å². The lowest BCUT2D eigenvalue weighted by molar-refractivity contribution is -0.116. The minimum atomic E-state index is -2.98. The first-order valence-electron chi connectivity index (χ1n) is 7.33. The zero-order chi connectivity index (χ0) is 16.6. The van der Waals surface area contributed by atoms with Crippen molar-refractivity contribution in [1.82, 2.24) is 10.2 Å². The number of carbonyl (C=O) groups excluding carboxylic acids is 2. The fraction of sp³-hybridized carbons (Fsp3) is 0.375. The van der Waals surface area contributed by atoms with Crippen LogP contribution in [-0.4, -0.2) is 30.4 Å². The largest absolute Gasteiger partial charge is 0.434 e. The minimum Gasteiger partial charge on any atom is -0.434 e. The predicted octanol–water partition coefficient (Wildman–Crippen LogP) is 2.99. The topological polar surface area (TPSA) is 58.6 Å². The Morgan fingerprint density at radius 3 is 2.74 bits per heavy atom. The Morgan fingerprint density at radius 2 is 2.00 bits per heavy atom. The normalized spacial score (nSPS) is 21.4. The van der Waals surface area contributed by atoms with Crippen LogP contribution in [0.1, 0.15) is 30.9 Å². The van der Waals surface area contributed by atoms with Crippen molar-refractivity contribution in [3.8, 4) is 5.75 Å². The smallest absolute Gasteiger partial charge is 0.387 e. The average Bonchev–Trinajstić information content (AvgIpc) is 2.51. The van der Waals surface area contributed by atoms with Gasteiger partial charge in [0.1, 0.15) is 5.75 Å². The van der Waals surface area contributed by atoms with Crippen LogP contribution in [0.2, 0.25) is 0 Å². The van der Waals surface area contributed by atoms with E-state index in [-0.39, 0.29) is 17.6 Å². The van der Waals surface area contributed by atoms with E-state index >= 15 is 0 Å². The number of allylic oxidation sites excluding steroid dienone is 1. The Balaban J connectivity index is 2.10. The van der Waals surface area contributed by atoms with Gasteiger partial charge >= 0.3 is 12.6 Å². The summed E-state index contributed by atoms with van der Waals surface area (Å²) in [6, 6.07) is 5.08. The van der Waals surface area contributed by atoms with Crippen LogP contribution >= 0.6 is 0 Å². The molecule has 0 radical (unpaired) electrons. The number of nitrogens with one attached hydrogen (secondary N) is 1. The van der Waals surface area contributed by atoms with Crippen LogP contribution in [0, 0.1) is 0 Å². The van der Waals surface area contributed by atoms with E-state index in [0.29, 0.717) is 36.1 Å². The van der Waals surface area contributed by atoms with Crippen LogP contribution in [0.15, 0.2) is 35.5 Å². The highest BCUT2D eigenvalue weighted by molar-refractivity contribution is 6.01. The quantitative estimate of drug-likeness (QED) is 0.931. The molecule has 1 aliphatic carbocycles. The van der Waals surface area contributed by atoms with Gasteiger partial charge in [0.2, 0.25) is 0 Å². The Morgan fingerprint density at radius 1 is 1.26 bits per heavy atom. The highest BCUT2D eigenvalue weighted by Crippen LogP contribution is 2.39. The summed E-state index contributed by atoms with van der Waals surface area (Å²) < 4.78 is 29.8. The van der Waals surface area contributed by atoms with Gasteiger partial charge in [-0.15, -0.1) is 0 Å². The molecule has 0 spiro atoms. The monoisotopic (exact) mass is 322 g/mol. The summed E-state index contributed by atoms with van der Waals surface area (Å²) in [6.45, 7) is -2.98. The number of benzene rings is 1. The van der Waals surface area contributed by atoms with E-state index in [0.717, 1.165) is 0 Å². The zero-order valence-corrected chi connectivity index (χ0v) is 12.5. The molecule has 0 saturated carbocycles. The Kier molecular flexibility index (Phi) is 4.02. The molecule has 1 aromatic carbocycles. The van der Waals surface area contributed by atoms with Crippen LogP contribution in [0.4, 0.5) is 13.6 Å². The van der Waals surface area contributed by atoms with Gasteiger partial charge in [0.05, 0.1) is 6.04 Å². The molecular formula is C16H16F2N2O3. The van der Waals surface area contributed by atoms with Gasteiger partial charge in [0.25, 0.3) is 0 Å². The summed E-state index contributed by atoms with van der Waals surface area (Å²) in [5, 5.41) is 2.71. The number of Topliss-reactive ketones (excluding diaryl/α,β-unsaturated/α-hetero) is 1. The molecule has 1 N–H and O–H groups in total. The molecule has 2 amide bonds. The van der Waals surface area contributed by atoms with Crippen molar-refractivity contribution in [1.29, 1.82) is 0 Å². The molecule has 122 valence electrons. The van der Waals surface area contributed by atoms with Gasteiger partial charge in [-0.2, -0.15) is 8.78 Å². The molecule has 1 aliphatic heterocycles. The first kappa shape index (κ1) is 15.5. The summed E-state index contributed by atoms with van der Waals surface area (Å²) in [6.07, 6.45) is 1.67. The first-order valence-corrected chi connectivity index (χ1v) is 7.33. The van der Waals surface area contributed by atoms with Gasteiger partial charge in [0.15, 0.2) is 5.78 Å². The number of ketones is 1. The predicted molar refractivity (Wildman–Crippen MR) is 78.0 cm³/mol. The standard InChI is InChI=1S/C16H16F2N2O3/c1-20-10-6-4-7-11(21)13(10)14(19-16(20)22)9-5-2-3-8-12(9)23-15(17)18/h2-3,5,8,14-15H,4,6-7H2,1H3,(H,19,22)/t14-/m0/s1. The number of alkyl halides is 2. The van der Waals surface area contributed by atoms with Crippen molar-refractivity contribution in [3.63, 3.8) is 0 Å². The summed E-state index contributed by atoms with van der Waals surface area (Å²) in [7, 11) is 1.60. The van der Waals surface area contributed by atoms with Crippen molar-refractivity contribution in [2.24, 2.45) is 0 Å². The molecule has 0 fully saturated rings. The van der Waals surface area contributed by atoms with Gasteiger partial charge in [-0.25, -0.2) is 4.79 Å². The van der Waals surface area contributed by atoms with Crippen molar-refractivity contribution in [2.75, 3.05) is 7.05 Å². The number of ether oxygens (including phenoxy) is 1. The number of urea groups is 1. The number of hydrogen-bond donors (Lipinski definition) is 1. The van der Waals surface area contributed by atoms with E-state index < -0.39 is 12.7 Å². The molecule has 2 aliphatic rings. The molecule has 5 nitrogen and oxygen atoms in total. The average molecular weight is 322 g/mol. The number of nitrogens with zero attached hydrogens (tertiary/aromatic N) is 1. The Hall–Kier alpha value is -2.44. The molecule has 1 atom stereocenters. The number of hydrogen-bond acceptors (Lipinski definition) is 3. The van der Waals surface area contributed by atoms with Crippen LogP contribution in [0.5, 0.6) is 5.75 Å². The molecule has 0 unspecified atom stereocenters. The number of halogens is 2. The molecule has 7 heteroatoms. The lowest BCUT2D eigenvalue weighted by Gasteiger charge is -2.37. The lowest BCUT2D eigenvalue weighted by Crippen LogP contribution is -2.47. The molecule has 23 heavy (non-hydrogen) atoms. The second-order valence-electron chi connectivity index (χ2n) is 5.49. The molecule has 1 heterocycles. The summed E-state index contributed by atoms with van der Waals surface area (Å²) in [4.78, 5) is 25.9. The maximum absolute atomic E-state index is 12.6. The molecule has 0 saturated heterocycles. The van der Waals surface area contributed by atoms with Crippen molar-refractivity contribution < 1.29 is 23.1 Å². The maximum Gasteiger partial charge on any atom is 0.387 e. The third-order valence-corrected chi connectivity index (χ3v) is 4.14. The van der Waals surface area contributed by atoms with Crippen LogP contribution < -0.4 is 10.1 Å². The van der Waals surface area contributed by atoms with E-state index in [9.17, 15) is 18.4 Å². The Labute approximate surface area is 131 Å². The van der Waals surface area contributed by atoms with Crippen LogP contribution in [0.3, 0.4) is 0 Å². The van der Waals surface area contributed by atoms with Crippen molar-refractivity contribution >= 4 is 11.8 Å². The van der Waals surface area contributed by atoms with Gasteiger partial charge in [-0.3, -0.25) is 4.79 Å². The van der Waals surface area contributed by atoms with Crippen molar-refractivity contribution in [2.45, 2.75) is 31.9 Å². The molecule has 1 aromatic rings. The molecule has 0 aromatic heterocycles. The van der Waals surface area contributed by atoms with Gasteiger partial charge in [-0.1, -0.05) is 18.2 Å². The maximum atomic E-state index is 12.6. The van der Waals surface area contributed by atoms with E-state index in [1.807, 2.05) is 0 Å². The first-order chi connectivity index (χ1) is 11.0. The summed E-state index contributed by atoms with van der Waals surface area (Å²) >= 11 is 0. The van der Waals surface area contributed by atoms with Crippen LogP contribution in [0.25, 0.3) is 0 Å². The van der Waals surface area contributed by atoms with E-state index in [1.54, 1.807) is 25.2 Å². The fourth-order valence-electron chi connectivity index (χ4n) is 3.09. The third-order valence-electron chi connectivity index (χ3n) is 4.14. The second-order valence-corrected chi connectivity index (χ2v) is 5.49. The summed E-state index contributed by atoms with van der Waals surface area (Å²) in [5.41, 5.74) is 1.47. The van der Waals surface area contributed by atoms with Crippen LogP contribution in [-0.2, 0) is 4.79 Å². The van der Waals surface area contributed by atoms with E-state index in [4.69, 9.17) is 0 Å². The molecule has 0 bridgehead atoms. The molecule has 3 rings (SSSR count). The fourth-order valence-corrected chi connectivity index (χ4v) is 3.09. The second kappa shape index (κ2) is 5.98. The number of rotatable bonds is 3. The summed E-state index contributed by atoms with van der Waals surface area (Å²) in [5.74, 6) is -0.113. The van der Waals surface area contributed by atoms with E-state index in [1.165, 1.54) is 11.0 Å². The minimum absolute atomic E-state index is 0.0393. The lowest BCUT2D eigenvalue weighted by atomic mass is 9.84. The highest BCUT2D eigenvalue weighted by Gasteiger charge is 2.38. The third kappa shape index (κ3) is 2.78. The van der Waals surface area contributed by atoms with Gasteiger partial charge < -0.3 is 15.0 Å². The number of amides is 2. The molecular weight excluding hydrogens is 306 g/mol.